The fourth-order valence-electron chi connectivity index (χ4n) is 3.32. The Hall–Kier alpha value is -0.650. The Labute approximate surface area is 129 Å². The molecule has 2 aliphatic heterocycles. The van der Waals surface area contributed by atoms with Gasteiger partial charge in [-0.05, 0) is 52.2 Å². The van der Waals surface area contributed by atoms with E-state index < -0.39 is 0 Å². The van der Waals surface area contributed by atoms with Gasteiger partial charge in [0.15, 0.2) is 0 Å². The maximum atomic E-state index is 12.5. The fraction of sp³-hybridized carbons (Fsp3) is 0.938. The molecule has 0 aromatic rings. The zero-order chi connectivity index (χ0) is 15.1. The second-order valence-corrected chi connectivity index (χ2v) is 6.29. The lowest BCUT2D eigenvalue weighted by Gasteiger charge is -2.37. The highest BCUT2D eigenvalue weighted by molar-refractivity contribution is 5.81. The summed E-state index contributed by atoms with van der Waals surface area (Å²) in [6, 6.07) is 0.0701. The Morgan fingerprint density at radius 1 is 1.05 bits per heavy atom. The van der Waals surface area contributed by atoms with Crippen molar-refractivity contribution in [1.82, 2.24) is 14.7 Å². The van der Waals surface area contributed by atoms with Crippen LogP contribution in [0, 0.1) is 0 Å². The molecule has 0 bridgehead atoms. The first-order chi connectivity index (χ1) is 10.2. The summed E-state index contributed by atoms with van der Waals surface area (Å²) in [6.07, 6.45) is 4.80. The average Bonchev–Trinajstić information content (AvgIpc) is 3.05. The van der Waals surface area contributed by atoms with Crippen LogP contribution in [0.5, 0.6) is 0 Å². The number of carbonyl (C=O) groups is 1. The van der Waals surface area contributed by atoms with Crippen molar-refractivity contribution in [2.75, 3.05) is 59.5 Å². The van der Waals surface area contributed by atoms with Gasteiger partial charge >= 0.3 is 0 Å². The molecule has 5 nitrogen and oxygen atoms in total. The number of unbranched alkanes of at least 4 members (excludes halogenated alkanes) is 1. The van der Waals surface area contributed by atoms with Crippen LogP contribution >= 0.6 is 0 Å². The van der Waals surface area contributed by atoms with Crippen LogP contribution in [0.4, 0.5) is 0 Å². The van der Waals surface area contributed by atoms with Crippen LogP contribution in [0.15, 0.2) is 0 Å². The van der Waals surface area contributed by atoms with E-state index in [1.807, 2.05) is 0 Å². The van der Waals surface area contributed by atoms with Crippen LogP contribution in [0.1, 0.15) is 32.6 Å². The first kappa shape index (κ1) is 16.7. The Bertz CT molecular complexity index is 311. The standard InChI is InChI=1S/C16H31N3O2/c1-15(18-8-3-4-9-18)16(20)19-12-10-17(11-13-19)7-5-6-14-21-2/h15H,3-14H2,1-2H3/t15-/m0/s1. The monoisotopic (exact) mass is 297 g/mol. The molecular weight excluding hydrogens is 266 g/mol. The van der Waals surface area contributed by atoms with Gasteiger partial charge in [0.05, 0.1) is 6.04 Å². The number of hydrogen-bond donors (Lipinski definition) is 0. The summed E-state index contributed by atoms with van der Waals surface area (Å²) in [5, 5.41) is 0. The molecular formula is C16H31N3O2. The molecule has 21 heavy (non-hydrogen) atoms. The van der Waals surface area contributed by atoms with E-state index in [0.29, 0.717) is 5.91 Å². The fourth-order valence-corrected chi connectivity index (χ4v) is 3.32. The number of piperazine rings is 1. The van der Waals surface area contributed by atoms with Gasteiger partial charge in [-0.1, -0.05) is 0 Å². The molecule has 122 valence electrons. The highest BCUT2D eigenvalue weighted by atomic mass is 16.5. The minimum Gasteiger partial charge on any atom is -0.385 e. The lowest BCUT2D eigenvalue weighted by molar-refractivity contribution is -0.137. The first-order valence-corrected chi connectivity index (χ1v) is 8.46. The Balaban J connectivity index is 1.66. The zero-order valence-corrected chi connectivity index (χ0v) is 13.7. The number of nitrogens with zero attached hydrogens (tertiary/aromatic N) is 3. The molecule has 0 saturated carbocycles. The largest absolute Gasteiger partial charge is 0.385 e. The molecule has 2 rings (SSSR count). The highest BCUT2D eigenvalue weighted by Gasteiger charge is 2.29. The molecule has 0 spiro atoms. The van der Waals surface area contributed by atoms with E-state index in [-0.39, 0.29) is 6.04 Å². The molecule has 1 amide bonds. The van der Waals surface area contributed by atoms with Crippen LogP contribution in [0.2, 0.25) is 0 Å². The van der Waals surface area contributed by atoms with E-state index >= 15 is 0 Å². The summed E-state index contributed by atoms with van der Waals surface area (Å²) in [6.45, 7) is 10.1. The van der Waals surface area contributed by atoms with Crippen molar-refractivity contribution in [2.24, 2.45) is 0 Å². The molecule has 2 fully saturated rings. The van der Waals surface area contributed by atoms with Crippen molar-refractivity contribution in [3.05, 3.63) is 0 Å². The smallest absolute Gasteiger partial charge is 0.239 e. The Morgan fingerprint density at radius 3 is 2.33 bits per heavy atom. The highest BCUT2D eigenvalue weighted by Crippen LogP contribution is 2.14. The number of hydrogen-bond acceptors (Lipinski definition) is 4. The number of rotatable bonds is 7. The maximum absolute atomic E-state index is 12.5. The van der Waals surface area contributed by atoms with Crippen molar-refractivity contribution in [2.45, 2.75) is 38.6 Å². The Morgan fingerprint density at radius 2 is 1.71 bits per heavy atom. The summed E-state index contributed by atoms with van der Waals surface area (Å²) in [4.78, 5) is 19.4. The van der Waals surface area contributed by atoms with Crippen LogP contribution in [0.25, 0.3) is 0 Å². The van der Waals surface area contributed by atoms with E-state index in [9.17, 15) is 4.79 Å². The summed E-state index contributed by atoms with van der Waals surface area (Å²) in [5.41, 5.74) is 0. The van der Waals surface area contributed by atoms with Gasteiger partial charge < -0.3 is 9.64 Å². The number of methoxy groups -OCH3 is 1. The molecule has 0 aromatic heterocycles. The zero-order valence-electron chi connectivity index (χ0n) is 13.7. The van der Waals surface area contributed by atoms with Crippen LogP contribution < -0.4 is 0 Å². The molecule has 0 aliphatic carbocycles. The summed E-state index contributed by atoms with van der Waals surface area (Å²) in [5.74, 6) is 0.330. The van der Waals surface area contributed by atoms with E-state index in [0.717, 1.165) is 58.8 Å². The van der Waals surface area contributed by atoms with Crippen LogP contribution in [-0.4, -0.2) is 86.2 Å². The SMILES string of the molecule is COCCCCN1CCN(C(=O)[C@H](C)N2CCCC2)CC1. The summed E-state index contributed by atoms with van der Waals surface area (Å²) < 4.78 is 5.08. The molecule has 0 aromatic carbocycles. The average molecular weight is 297 g/mol. The quantitative estimate of drug-likeness (QED) is 0.658. The molecule has 1 atom stereocenters. The third-order valence-corrected chi connectivity index (χ3v) is 4.80. The van der Waals surface area contributed by atoms with E-state index in [1.165, 1.54) is 19.3 Å². The van der Waals surface area contributed by atoms with Crippen molar-refractivity contribution < 1.29 is 9.53 Å². The second-order valence-electron chi connectivity index (χ2n) is 6.29. The lowest BCUT2D eigenvalue weighted by atomic mass is 10.2. The van der Waals surface area contributed by atoms with Gasteiger partial charge in [0, 0.05) is 39.9 Å². The second kappa shape index (κ2) is 8.71. The number of amides is 1. The van der Waals surface area contributed by atoms with E-state index in [1.54, 1.807) is 7.11 Å². The molecule has 2 heterocycles. The van der Waals surface area contributed by atoms with Crippen molar-refractivity contribution in [3.8, 4) is 0 Å². The van der Waals surface area contributed by atoms with Gasteiger partial charge in [-0.3, -0.25) is 14.6 Å². The Kier molecular flexibility index (Phi) is 6.93. The van der Waals surface area contributed by atoms with Crippen LogP contribution in [0.3, 0.4) is 0 Å². The van der Waals surface area contributed by atoms with Gasteiger partial charge in [-0.2, -0.15) is 0 Å². The van der Waals surface area contributed by atoms with Crippen molar-refractivity contribution in [3.63, 3.8) is 0 Å². The third-order valence-electron chi connectivity index (χ3n) is 4.80. The predicted octanol–water partition coefficient (Wildman–Crippen LogP) is 1.04. The van der Waals surface area contributed by atoms with Gasteiger partial charge in [0.2, 0.25) is 5.91 Å². The van der Waals surface area contributed by atoms with Crippen LogP contribution in [-0.2, 0) is 9.53 Å². The molecule has 0 radical (unpaired) electrons. The predicted molar refractivity (Wildman–Crippen MR) is 84.4 cm³/mol. The first-order valence-electron chi connectivity index (χ1n) is 8.46. The van der Waals surface area contributed by atoms with Gasteiger partial charge in [-0.15, -0.1) is 0 Å². The van der Waals surface area contributed by atoms with Crippen molar-refractivity contribution >= 4 is 5.91 Å². The normalized spacial score (nSPS) is 22.7. The van der Waals surface area contributed by atoms with Gasteiger partial charge in [0.1, 0.15) is 0 Å². The van der Waals surface area contributed by atoms with Gasteiger partial charge in [-0.25, -0.2) is 0 Å². The topological polar surface area (TPSA) is 36.0 Å². The minimum atomic E-state index is 0.0701. The number of carbonyl (C=O) groups excluding carboxylic acids is 1. The number of ether oxygens (including phenoxy) is 1. The maximum Gasteiger partial charge on any atom is 0.239 e. The van der Waals surface area contributed by atoms with Gasteiger partial charge in [0.25, 0.3) is 0 Å². The van der Waals surface area contributed by atoms with E-state index in [4.69, 9.17) is 4.74 Å². The summed E-state index contributed by atoms with van der Waals surface area (Å²) >= 11 is 0. The molecule has 2 aliphatic rings. The van der Waals surface area contributed by atoms with E-state index in [2.05, 4.69) is 21.6 Å². The number of likely N-dealkylation sites (tertiary alicyclic amines) is 1. The minimum absolute atomic E-state index is 0.0701. The molecule has 0 unspecified atom stereocenters. The summed E-state index contributed by atoms with van der Waals surface area (Å²) in [7, 11) is 1.76. The molecule has 2 saturated heterocycles. The molecule has 0 N–H and O–H groups in total. The molecule has 5 heteroatoms. The third kappa shape index (κ3) is 4.94. The van der Waals surface area contributed by atoms with Crippen molar-refractivity contribution in [1.29, 1.82) is 0 Å². The lowest BCUT2D eigenvalue weighted by Crippen LogP contribution is -2.53.